The van der Waals surface area contributed by atoms with Crippen LogP contribution in [0.15, 0.2) is 30.7 Å². The molecule has 5 rings (SSSR count). The molecule has 1 N–H and O–H groups in total. The van der Waals surface area contributed by atoms with Gasteiger partial charge in [-0.3, -0.25) is 19.1 Å². The van der Waals surface area contributed by atoms with E-state index in [1.807, 2.05) is 31.0 Å². The lowest BCUT2D eigenvalue weighted by Gasteiger charge is -2.09. The maximum atomic E-state index is 12.3. The third-order valence-corrected chi connectivity index (χ3v) is 5.46. The topological polar surface area (TPSA) is 77.6 Å². The molecule has 7 heteroatoms. The molecule has 0 radical (unpaired) electrons. The van der Waals surface area contributed by atoms with Crippen molar-refractivity contribution in [2.24, 2.45) is 7.05 Å². The van der Waals surface area contributed by atoms with E-state index in [1.54, 1.807) is 4.68 Å². The Morgan fingerprint density at radius 3 is 2.89 bits per heavy atom. The van der Waals surface area contributed by atoms with E-state index in [1.165, 1.54) is 5.57 Å². The molecule has 1 aliphatic carbocycles. The number of carbonyl (C=O) groups is 1. The van der Waals surface area contributed by atoms with Gasteiger partial charge in [-0.25, -0.2) is 0 Å². The number of fused-ring (bicyclic) bond motifs is 6. The standard InChI is InChI=1S/C21H22N6O/c1-13-17-12-27(24-13)7-3-4-21(28)23-10-20-18(11-26(2)25-20)14-8-16-15(17)5-6-19(16)22-9-14/h5,8-9,11-12H,3-4,6-7,10H2,1-2H3,(H,23,28). The van der Waals surface area contributed by atoms with Gasteiger partial charge in [0.25, 0.3) is 0 Å². The summed E-state index contributed by atoms with van der Waals surface area (Å²) in [4.78, 5) is 17.0. The van der Waals surface area contributed by atoms with Gasteiger partial charge in [0.1, 0.15) is 0 Å². The van der Waals surface area contributed by atoms with Crippen LogP contribution < -0.4 is 5.32 Å². The minimum absolute atomic E-state index is 0.0337. The number of pyridine rings is 1. The fourth-order valence-corrected chi connectivity index (χ4v) is 4.08. The van der Waals surface area contributed by atoms with Gasteiger partial charge in [-0.1, -0.05) is 6.08 Å². The Kier molecular flexibility index (Phi) is 3.89. The van der Waals surface area contributed by atoms with Crippen LogP contribution in [0.1, 0.15) is 41.1 Å². The maximum Gasteiger partial charge on any atom is 0.220 e. The summed E-state index contributed by atoms with van der Waals surface area (Å²) in [5.74, 6) is 0.0337. The van der Waals surface area contributed by atoms with Crippen LogP contribution in [0.5, 0.6) is 0 Å². The molecule has 0 saturated heterocycles. The molecule has 1 amide bonds. The van der Waals surface area contributed by atoms with Gasteiger partial charge in [0, 0.05) is 67.3 Å². The van der Waals surface area contributed by atoms with E-state index in [0.29, 0.717) is 13.0 Å². The molecule has 28 heavy (non-hydrogen) atoms. The third kappa shape index (κ3) is 2.83. The number of nitrogens with one attached hydrogen (secondary N) is 1. The van der Waals surface area contributed by atoms with Gasteiger partial charge in [-0.15, -0.1) is 0 Å². The summed E-state index contributed by atoms with van der Waals surface area (Å²) < 4.78 is 3.74. The minimum atomic E-state index is 0.0337. The van der Waals surface area contributed by atoms with Crippen molar-refractivity contribution in [1.82, 2.24) is 29.9 Å². The average Bonchev–Trinajstić information content (AvgIpc) is 3.35. The summed E-state index contributed by atoms with van der Waals surface area (Å²) in [5.41, 5.74) is 8.48. The highest BCUT2D eigenvalue weighted by atomic mass is 16.1. The fourth-order valence-electron chi connectivity index (χ4n) is 4.08. The molecule has 4 bridgehead atoms. The molecule has 0 aromatic carbocycles. The molecule has 0 saturated carbocycles. The minimum Gasteiger partial charge on any atom is -0.350 e. The molecule has 7 nitrogen and oxygen atoms in total. The number of hydrogen-bond donors (Lipinski definition) is 1. The maximum absolute atomic E-state index is 12.3. The van der Waals surface area contributed by atoms with Crippen LogP contribution in [0, 0.1) is 6.92 Å². The SMILES string of the molecule is Cc1nn2cc1C1=CCc3ncc(cc31)-c1cn(C)nc1CNC(=O)CCC2. The van der Waals surface area contributed by atoms with Gasteiger partial charge >= 0.3 is 0 Å². The summed E-state index contributed by atoms with van der Waals surface area (Å²) in [5, 5.41) is 12.2. The number of nitrogens with zero attached hydrogens (tertiary/aromatic N) is 5. The summed E-state index contributed by atoms with van der Waals surface area (Å²) in [7, 11) is 1.90. The Balaban J connectivity index is 1.66. The van der Waals surface area contributed by atoms with Gasteiger partial charge in [0.2, 0.25) is 5.91 Å². The van der Waals surface area contributed by atoms with Crippen molar-refractivity contribution >= 4 is 11.5 Å². The van der Waals surface area contributed by atoms with E-state index >= 15 is 0 Å². The van der Waals surface area contributed by atoms with Crippen LogP contribution in [0.3, 0.4) is 0 Å². The van der Waals surface area contributed by atoms with Crippen LogP contribution >= 0.6 is 0 Å². The highest BCUT2D eigenvalue weighted by molar-refractivity contribution is 5.86. The van der Waals surface area contributed by atoms with E-state index in [4.69, 9.17) is 4.98 Å². The highest BCUT2D eigenvalue weighted by Crippen LogP contribution is 2.36. The average molecular weight is 374 g/mol. The second kappa shape index (κ2) is 6.44. The molecule has 3 aromatic heterocycles. The van der Waals surface area contributed by atoms with Gasteiger partial charge in [0.15, 0.2) is 0 Å². The first-order valence-corrected chi connectivity index (χ1v) is 9.62. The zero-order chi connectivity index (χ0) is 19.3. The molecule has 2 aliphatic rings. The van der Waals surface area contributed by atoms with E-state index in [9.17, 15) is 4.79 Å². The first-order chi connectivity index (χ1) is 13.6. The highest BCUT2D eigenvalue weighted by Gasteiger charge is 2.22. The van der Waals surface area contributed by atoms with Crippen molar-refractivity contribution in [2.75, 3.05) is 0 Å². The van der Waals surface area contributed by atoms with Crippen molar-refractivity contribution in [3.05, 3.63) is 58.9 Å². The number of hydrogen-bond acceptors (Lipinski definition) is 4. The first kappa shape index (κ1) is 16.9. The third-order valence-electron chi connectivity index (χ3n) is 5.46. The Morgan fingerprint density at radius 1 is 1.11 bits per heavy atom. The summed E-state index contributed by atoms with van der Waals surface area (Å²) in [6.07, 6.45) is 10.3. The van der Waals surface area contributed by atoms with Crippen molar-refractivity contribution in [2.45, 2.75) is 39.3 Å². The van der Waals surface area contributed by atoms with Crippen LogP contribution in [-0.4, -0.2) is 30.5 Å². The van der Waals surface area contributed by atoms with Crippen molar-refractivity contribution in [1.29, 1.82) is 0 Å². The molecule has 0 spiro atoms. The van der Waals surface area contributed by atoms with Crippen LogP contribution in [-0.2, 0) is 31.4 Å². The van der Waals surface area contributed by atoms with Gasteiger partial charge in [-0.05, 0) is 25.0 Å². The largest absolute Gasteiger partial charge is 0.350 e. The van der Waals surface area contributed by atoms with Crippen LogP contribution in [0.25, 0.3) is 16.7 Å². The molecule has 0 fully saturated rings. The number of amides is 1. The lowest BCUT2D eigenvalue weighted by Crippen LogP contribution is -2.23. The van der Waals surface area contributed by atoms with Crippen molar-refractivity contribution in [3.8, 4) is 11.1 Å². The Labute approximate surface area is 163 Å². The summed E-state index contributed by atoms with van der Waals surface area (Å²) in [6.45, 7) is 3.18. The molecule has 1 aliphatic heterocycles. The lowest BCUT2D eigenvalue weighted by molar-refractivity contribution is -0.121. The normalized spacial score (nSPS) is 16.1. The van der Waals surface area contributed by atoms with Crippen molar-refractivity contribution < 1.29 is 4.79 Å². The Hall–Kier alpha value is -3.22. The smallest absolute Gasteiger partial charge is 0.220 e. The van der Waals surface area contributed by atoms with E-state index < -0.39 is 0 Å². The zero-order valence-corrected chi connectivity index (χ0v) is 16.1. The predicted molar refractivity (Wildman–Crippen MR) is 105 cm³/mol. The van der Waals surface area contributed by atoms with E-state index in [2.05, 4.69) is 33.9 Å². The summed E-state index contributed by atoms with van der Waals surface area (Å²) in [6, 6.07) is 2.19. The molecular formula is C21H22N6O. The molecule has 142 valence electrons. The number of carbonyl (C=O) groups excluding carboxylic acids is 1. The second-order valence-corrected chi connectivity index (χ2v) is 7.47. The fraction of sp³-hybridized carbons (Fsp3) is 0.333. The number of rotatable bonds is 0. The summed E-state index contributed by atoms with van der Waals surface area (Å²) >= 11 is 0. The quantitative estimate of drug-likeness (QED) is 0.655. The van der Waals surface area contributed by atoms with E-state index in [0.717, 1.165) is 58.7 Å². The van der Waals surface area contributed by atoms with Crippen LogP contribution in [0.2, 0.25) is 0 Å². The monoisotopic (exact) mass is 374 g/mol. The van der Waals surface area contributed by atoms with Crippen molar-refractivity contribution in [3.63, 3.8) is 0 Å². The second-order valence-electron chi connectivity index (χ2n) is 7.47. The Morgan fingerprint density at radius 2 is 2.00 bits per heavy atom. The zero-order valence-electron chi connectivity index (χ0n) is 16.1. The molecular weight excluding hydrogens is 352 g/mol. The van der Waals surface area contributed by atoms with Gasteiger partial charge < -0.3 is 5.32 Å². The first-order valence-electron chi connectivity index (χ1n) is 9.62. The molecule has 3 aromatic rings. The number of aromatic nitrogens is 5. The number of allylic oxidation sites excluding steroid dienone is 1. The van der Waals surface area contributed by atoms with Gasteiger partial charge in [0.05, 0.1) is 23.6 Å². The van der Waals surface area contributed by atoms with Crippen LogP contribution in [0.4, 0.5) is 0 Å². The molecule has 4 heterocycles. The molecule has 0 atom stereocenters. The Bertz CT molecular complexity index is 1120. The molecule has 0 unspecified atom stereocenters. The predicted octanol–water partition coefficient (Wildman–Crippen LogP) is 2.38. The lowest BCUT2D eigenvalue weighted by atomic mass is 9.98. The van der Waals surface area contributed by atoms with Gasteiger partial charge in [-0.2, -0.15) is 10.2 Å². The number of aryl methyl sites for hydroxylation is 3. The van der Waals surface area contributed by atoms with E-state index in [-0.39, 0.29) is 5.91 Å².